The highest BCUT2D eigenvalue weighted by molar-refractivity contribution is 9.10. The molecule has 3 nitrogen and oxygen atoms in total. The Morgan fingerprint density at radius 2 is 2.54 bits per heavy atom. The van der Waals surface area contributed by atoms with Gasteiger partial charge in [0.15, 0.2) is 0 Å². The second kappa shape index (κ2) is 3.18. The fraction of sp³-hybridized carbons (Fsp3) is 0.444. The maximum atomic E-state index is 11.4. The van der Waals surface area contributed by atoms with Gasteiger partial charge in [-0.3, -0.25) is 4.79 Å². The minimum atomic E-state index is 0.0235. The summed E-state index contributed by atoms with van der Waals surface area (Å²) in [4.78, 5) is 11.4. The maximum absolute atomic E-state index is 11.4. The van der Waals surface area contributed by atoms with Crippen molar-refractivity contribution in [1.82, 2.24) is 9.88 Å². The molecular weight excluding hydrogens is 232 g/mol. The fourth-order valence-electron chi connectivity index (χ4n) is 1.67. The Labute approximate surface area is 85.2 Å². The van der Waals surface area contributed by atoms with Crippen molar-refractivity contribution >= 4 is 21.8 Å². The van der Waals surface area contributed by atoms with E-state index < -0.39 is 0 Å². The van der Waals surface area contributed by atoms with Gasteiger partial charge in [-0.25, -0.2) is 0 Å². The lowest BCUT2D eigenvalue weighted by molar-refractivity contribution is 0.0914. The zero-order valence-electron chi connectivity index (χ0n) is 7.38. The van der Waals surface area contributed by atoms with Crippen LogP contribution in [0.5, 0.6) is 0 Å². The Morgan fingerprint density at radius 3 is 3.23 bits per heavy atom. The minimum Gasteiger partial charge on any atom is -0.349 e. The number of hydrogen-bond donors (Lipinski definition) is 1. The van der Waals surface area contributed by atoms with Gasteiger partial charge in [-0.15, -0.1) is 0 Å². The highest BCUT2D eigenvalue weighted by Gasteiger charge is 2.23. The number of rotatable bonds is 1. The van der Waals surface area contributed by atoms with Crippen molar-refractivity contribution in [1.29, 1.82) is 0 Å². The Morgan fingerprint density at radius 1 is 1.77 bits per heavy atom. The van der Waals surface area contributed by atoms with Crippen LogP contribution >= 0.6 is 15.9 Å². The summed E-state index contributed by atoms with van der Waals surface area (Å²) >= 11 is 3.38. The Bertz CT molecular complexity index is 345. The number of nitrogens with one attached hydrogen (secondary N) is 1. The third-order valence-electron chi connectivity index (χ3n) is 2.41. The first-order valence-corrected chi connectivity index (χ1v) is 5.17. The van der Waals surface area contributed by atoms with Crippen molar-refractivity contribution in [2.45, 2.75) is 19.4 Å². The molecule has 0 saturated carbocycles. The van der Waals surface area contributed by atoms with Gasteiger partial charge in [-0.05, 0) is 28.4 Å². The molecule has 1 N–H and O–H groups in total. The van der Waals surface area contributed by atoms with Crippen LogP contribution in [0.2, 0.25) is 0 Å². The lowest BCUT2D eigenvalue weighted by Crippen LogP contribution is -2.38. The number of fused-ring (bicyclic) bond motifs is 1. The fourth-order valence-corrected chi connectivity index (χ4v) is 2.11. The quantitative estimate of drug-likeness (QED) is 0.803. The van der Waals surface area contributed by atoms with Gasteiger partial charge < -0.3 is 9.88 Å². The summed E-state index contributed by atoms with van der Waals surface area (Å²) in [7, 11) is 0. The van der Waals surface area contributed by atoms with Crippen molar-refractivity contribution in [2.24, 2.45) is 0 Å². The molecule has 13 heavy (non-hydrogen) atoms. The molecule has 1 aromatic heterocycles. The van der Waals surface area contributed by atoms with Crippen LogP contribution in [0.1, 0.15) is 29.9 Å². The molecule has 0 fully saturated rings. The van der Waals surface area contributed by atoms with Gasteiger partial charge >= 0.3 is 0 Å². The smallest absolute Gasteiger partial charge is 0.268 e. The summed E-state index contributed by atoms with van der Waals surface area (Å²) in [6.45, 7) is 2.86. The van der Waals surface area contributed by atoms with Crippen LogP contribution in [0.25, 0.3) is 0 Å². The van der Waals surface area contributed by atoms with Crippen LogP contribution in [0, 0.1) is 0 Å². The van der Waals surface area contributed by atoms with E-state index in [1.807, 2.05) is 16.8 Å². The van der Waals surface area contributed by atoms with Gasteiger partial charge in [-0.1, -0.05) is 6.92 Å². The van der Waals surface area contributed by atoms with Crippen molar-refractivity contribution in [3.63, 3.8) is 0 Å². The third-order valence-corrected chi connectivity index (χ3v) is 2.84. The van der Waals surface area contributed by atoms with Crippen LogP contribution in [-0.4, -0.2) is 17.0 Å². The highest BCUT2D eigenvalue weighted by atomic mass is 79.9. The molecule has 1 amide bonds. The average molecular weight is 243 g/mol. The first-order chi connectivity index (χ1) is 6.22. The molecule has 70 valence electrons. The van der Waals surface area contributed by atoms with E-state index in [-0.39, 0.29) is 5.91 Å². The van der Waals surface area contributed by atoms with Gasteiger partial charge in [0.1, 0.15) is 5.69 Å². The number of aromatic nitrogens is 1. The van der Waals surface area contributed by atoms with E-state index in [0.29, 0.717) is 6.04 Å². The normalized spacial score (nSPS) is 21.1. The number of amides is 1. The van der Waals surface area contributed by atoms with E-state index in [1.54, 1.807) is 0 Å². The van der Waals surface area contributed by atoms with Gasteiger partial charge in [0.2, 0.25) is 0 Å². The molecule has 2 heterocycles. The maximum Gasteiger partial charge on any atom is 0.268 e. The van der Waals surface area contributed by atoms with Gasteiger partial charge in [0.25, 0.3) is 5.91 Å². The first-order valence-electron chi connectivity index (χ1n) is 4.38. The van der Waals surface area contributed by atoms with E-state index in [1.165, 1.54) is 0 Å². The zero-order valence-corrected chi connectivity index (χ0v) is 8.97. The van der Waals surface area contributed by atoms with E-state index in [2.05, 4.69) is 28.2 Å². The second-order valence-electron chi connectivity index (χ2n) is 3.22. The monoisotopic (exact) mass is 242 g/mol. The summed E-state index contributed by atoms with van der Waals surface area (Å²) in [6.07, 6.45) is 3.01. The van der Waals surface area contributed by atoms with Gasteiger partial charge in [-0.2, -0.15) is 0 Å². The molecule has 0 aromatic carbocycles. The summed E-state index contributed by atoms with van der Waals surface area (Å²) in [5, 5.41) is 2.87. The molecule has 1 aromatic rings. The summed E-state index contributed by atoms with van der Waals surface area (Å²) in [5.74, 6) is 0.0235. The zero-order chi connectivity index (χ0) is 9.42. The van der Waals surface area contributed by atoms with E-state index >= 15 is 0 Å². The molecule has 1 unspecified atom stereocenters. The van der Waals surface area contributed by atoms with Crippen molar-refractivity contribution < 1.29 is 4.79 Å². The molecule has 4 heteroatoms. The molecule has 0 radical (unpaired) electrons. The first kappa shape index (κ1) is 8.81. The van der Waals surface area contributed by atoms with Crippen LogP contribution < -0.4 is 5.32 Å². The lowest BCUT2D eigenvalue weighted by Gasteiger charge is -2.25. The molecule has 2 rings (SSSR count). The molecular formula is C9H11BrN2O. The standard InChI is InChI=1S/C9H11BrN2O/c1-2-7-4-11-9(13)8-3-6(10)5-12(7)8/h3,5,7H,2,4H2,1H3,(H,11,13). The molecule has 0 aliphatic carbocycles. The van der Waals surface area contributed by atoms with Crippen molar-refractivity contribution in [2.75, 3.05) is 6.54 Å². The Hall–Kier alpha value is -0.770. The largest absolute Gasteiger partial charge is 0.349 e. The van der Waals surface area contributed by atoms with E-state index in [0.717, 1.165) is 23.1 Å². The molecule has 1 aliphatic heterocycles. The number of carbonyl (C=O) groups is 1. The van der Waals surface area contributed by atoms with E-state index in [9.17, 15) is 4.79 Å². The number of carbonyl (C=O) groups excluding carboxylic acids is 1. The van der Waals surface area contributed by atoms with Crippen LogP contribution in [-0.2, 0) is 0 Å². The SMILES string of the molecule is CCC1CNC(=O)c2cc(Br)cn21. The van der Waals surface area contributed by atoms with Crippen molar-refractivity contribution in [3.8, 4) is 0 Å². The van der Waals surface area contributed by atoms with Gasteiger partial charge in [0, 0.05) is 17.2 Å². The van der Waals surface area contributed by atoms with Crippen LogP contribution in [0.3, 0.4) is 0 Å². The molecule has 0 bridgehead atoms. The Balaban J connectivity index is 2.47. The predicted octanol–water partition coefficient (Wildman–Crippen LogP) is 1.95. The van der Waals surface area contributed by atoms with Gasteiger partial charge in [0.05, 0.1) is 6.04 Å². The topological polar surface area (TPSA) is 34.0 Å². The van der Waals surface area contributed by atoms with Crippen molar-refractivity contribution in [3.05, 3.63) is 22.4 Å². The summed E-state index contributed by atoms with van der Waals surface area (Å²) in [5.41, 5.74) is 0.755. The van der Waals surface area contributed by atoms with Crippen LogP contribution in [0.4, 0.5) is 0 Å². The molecule has 0 spiro atoms. The van der Waals surface area contributed by atoms with Crippen LogP contribution in [0.15, 0.2) is 16.7 Å². The minimum absolute atomic E-state index is 0.0235. The third kappa shape index (κ3) is 1.39. The number of nitrogens with zero attached hydrogens (tertiary/aromatic N) is 1. The predicted molar refractivity (Wildman–Crippen MR) is 53.8 cm³/mol. The second-order valence-corrected chi connectivity index (χ2v) is 4.14. The number of hydrogen-bond acceptors (Lipinski definition) is 1. The average Bonchev–Trinajstić information content (AvgIpc) is 2.48. The summed E-state index contributed by atoms with van der Waals surface area (Å²) in [6, 6.07) is 2.26. The molecule has 1 aliphatic rings. The number of halogens is 1. The Kier molecular flexibility index (Phi) is 2.15. The highest BCUT2D eigenvalue weighted by Crippen LogP contribution is 2.23. The summed E-state index contributed by atoms with van der Waals surface area (Å²) < 4.78 is 3.01. The molecule has 0 saturated heterocycles. The van der Waals surface area contributed by atoms with E-state index in [4.69, 9.17) is 0 Å². The molecule has 1 atom stereocenters. The lowest BCUT2D eigenvalue weighted by atomic mass is 10.1.